The predicted molar refractivity (Wildman–Crippen MR) is 68.8 cm³/mol. The first-order valence-electron chi connectivity index (χ1n) is 4.91. The highest BCUT2D eigenvalue weighted by Gasteiger charge is 2.03. The Hall–Kier alpha value is -2.15. The van der Waals surface area contributed by atoms with E-state index >= 15 is 0 Å². The normalized spacial score (nSPS) is 11.3. The van der Waals surface area contributed by atoms with Gasteiger partial charge in [-0.1, -0.05) is 5.16 Å². The maximum Gasteiger partial charge on any atom is 0.188 e. The summed E-state index contributed by atoms with van der Waals surface area (Å²) in [6, 6.07) is 5.04. The van der Waals surface area contributed by atoms with Gasteiger partial charge in [0.05, 0.1) is 12.4 Å². The van der Waals surface area contributed by atoms with Crippen molar-refractivity contribution in [3.05, 3.63) is 47.0 Å². The molecule has 0 saturated heterocycles. The number of aromatic nitrogens is 2. The van der Waals surface area contributed by atoms with Crippen LogP contribution in [0.3, 0.4) is 0 Å². The van der Waals surface area contributed by atoms with Gasteiger partial charge in [-0.15, -0.1) is 0 Å². The van der Waals surface area contributed by atoms with E-state index < -0.39 is 0 Å². The zero-order chi connectivity index (χ0) is 13.0. The van der Waals surface area contributed by atoms with Crippen LogP contribution in [0.1, 0.15) is 5.69 Å². The molecular formula is C11H9BrN4O2. The summed E-state index contributed by atoms with van der Waals surface area (Å²) in [5.41, 5.74) is 5.77. The van der Waals surface area contributed by atoms with Crippen molar-refractivity contribution < 1.29 is 9.94 Å². The Morgan fingerprint density at radius 1 is 1.28 bits per heavy atom. The molecule has 0 fully saturated rings. The molecular weight excluding hydrogens is 300 g/mol. The highest BCUT2D eigenvalue weighted by molar-refractivity contribution is 9.10. The summed E-state index contributed by atoms with van der Waals surface area (Å²) in [6.45, 7) is 0. The predicted octanol–water partition coefficient (Wildman–Crippen LogP) is 2.13. The van der Waals surface area contributed by atoms with E-state index in [1.165, 1.54) is 6.20 Å². The second kappa shape index (κ2) is 5.46. The van der Waals surface area contributed by atoms with Gasteiger partial charge in [0.2, 0.25) is 0 Å². The first-order valence-corrected chi connectivity index (χ1v) is 5.70. The molecule has 0 amide bonds. The van der Waals surface area contributed by atoms with Gasteiger partial charge in [-0.3, -0.25) is 4.98 Å². The number of halogens is 1. The highest BCUT2D eigenvalue weighted by atomic mass is 79.9. The number of pyridine rings is 2. The molecule has 0 atom stereocenters. The summed E-state index contributed by atoms with van der Waals surface area (Å²) in [7, 11) is 0. The van der Waals surface area contributed by atoms with Crippen LogP contribution in [0.2, 0.25) is 0 Å². The summed E-state index contributed by atoms with van der Waals surface area (Å²) in [6.07, 6.45) is 4.73. The van der Waals surface area contributed by atoms with Gasteiger partial charge in [-0.05, 0) is 34.1 Å². The average molecular weight is 309 g/mol. The van der Waals surface area contributed by atoms with Crippen LogP contribution in [0.25, 0.3) is 0 Å². The van der Waals surface area contributed by atoms with Crippen LogP contribution in [-0.4, -0.2) is 21.0 Å². The van der Waals surface area contributed by atoms with Crippen molar-refractivity contribution in [3.8, 4) is 11.5 Å². The molecule has 18 heavy (non-hydrogen) atoms. The lowest BCUT2D eigenvalue weighted by molar-refractivity contribution is 0.318. The van der Waals surface area contributed by atoms with Crippen molar-refractivity contribution in [1.29, 1.82) is 0 Å². The zero-order valence-electron chi connectivity index (χ0n) is 9.12. The standard InChI is InChI=1S/C11H9BrN4O2/c12-7-3-9(5-14-4-7)18-8-1-2-10(15-6-8)11(13)16-17/h1-6,17H,(H2,13,16). The Morgan fingerprint density at radius 2 is 2.11 bits per heavy atom. The van der Waals surface area contributed by atoms with E-state index in [0.717, 1.165) is 4.47 Å². The monoisotopic (exact) mass is 308 g/mol. The first-order chi connectivity index (χ1) is 8.69. The third-order valence-electron chi connectivity index (χ3n) is 2.02. The Morgan fingerprint density at radius 3 is 2.72 bits per heavy atom. The van der Waals surface area contributed by atoms with Gasteiger partial charge in [0, 0.05) is 10.7 Å². The van der Waals surface area contributed by atoms with E-state index in [0.29, 0.717) is 17.2 Å². The smallest absolute Gasteiger partial charge is 0.188 e. The number of rotatable bonds is 3. The molecule has 7 heteroatoms. The molecule has 2 aromatic rings. The molecule has 92 valence electrons. The van der Waals surface area contributed by atoms with E-state index in [-0.39, 0.29) is 5.84 Å². The third-order valence-corrected chi connectivity index (χ3v) is 2.46. The Labute approximate surface area is 111 Å². The summed E-state index contributed by atoms with van der Waals surface area (Å²) >= 11 is 3.30. The van der Waals surface area contributed by atoms with Crippen molar-refractivity contribution >= 4 is 21.8 Å². The molecule has 0 spiro atoms. The number of amidine groups is 1. The zero-order valence-corrected chi connectivity index (χ0v) is 10.7. The number of hydrogen-bond acceptors (Lipinski definition) is 5. The Kier molecular flexibility index (Phi) is 3.73. The average Bonchev–Trinajstić information content (AvgIpc) is 2.39. The number of hydrogen-bond donors (Lipinski definition) is 2. The quantitative estimate of drug-likeness (QED) is 0.392. The molecule has 0 unspecified atom stereocenters. The first kappa shape index (κ1) is 12.3. The summed E-state index contributed by atoms with van der Waals surface area (Å²) < 4.78 is 6.35. The lowest BCUT2D eigenvalue weighted by atomic mass is 10.3. The summed E-state index contributed by atoms with van der Waals surface area (Å²) in [5, 5.41) is 11.4. The van der Waals surface area contributed by atoms with Crippen LogP contribution in [-0.2, 0) is 0 Å². The van der Waals surface area contributed by atoms with Crippen LogP contribution in [0.4, 0.5) is 0 Å². The van der Waals surface area contributed by atoms with Crippen molar-refractivity contribution in [3.63, 3.8) is 0 Å². The molecule has 2 heterocycles. The van der Waals surface area contributed by atoms with Gasteiger partial charge in [0.1, 0.15) is 17.2 Å². The largest absolute Gasteiger partial charge is 0.454 e. The van der Waals surface area contributed by atoms with E-state index in [1.54, 1.807) is 30.6 Å². The summed E-state index contributed by atoms with van der Waals surface area (Å²) in [4.78, 5) is 7.97. The minimum absolute atomic E-state index is 0.0503. The van der Waals surface area contributed by atoms with Crippen LogP contribution in [0.5, 0.6) is 11.5 Å². The van der Waals surface area contributed by atoms with Gasteiger partial charge in [-0.2, -0.15) is 0 Å². The molecule has 2 aromatic heterocycles. The van der Waals surface area contributed by atoms with Gasteiger partial charge in [0.25, 0.3) is 0 Å². The number of oxime groups is 1. The second-order valence-corrected chi connectivity index (χ2v) is 4.22. The van der Waals surface area contributed by atoms with E-state index in [2.05, 4.69) is 31.1 Å². The molecule has 0 aliphatic carbocycles. The van der Waals surface area contributed by atoms with E-state index in [4.69, 9.17) is 15.7 Å². The molecule has 0 aliphatic heterocycles. The lowest BCUT2D eigenvalue weighted by Gasteiger charge is -2.05. The molecule has 0 aromatic carbocycles. The Bertz CT molecular complexity index is 572. The van der Waals surface area contributed by atoms with Crippen molar-refractivity contribution in [2.24, 2.45) is 10.9 Å². The second-order valence-electron chi connectivity index (χ2n) is 3.31. The Balaban J connectivity index is 2.16. The number of nitrogens with two attached hydrogens (primary N) is 1. The molecule has 3 N–H and O–H groups in total. The van der Waals surface area contributed by atoms with E-state index in [9.17, 15) is 0 Å². The van der Waals surface area contributed by atoms with Crippen molar-refractivity contribution in [2.75, 3.05) is 0 Å². The molecule has 6 nitrogen and oxygen atoms in total. The fraction of sp³-hybridized carbons (Fsp3) is 0. The van der Waals surface area contributed by atoms with Gasteiger partial charge < -0.3 is 15.7 Å². The fourth-order valence-electron chi connectivity index (χ4n) is 1.23. The molecule has 0 aliphatic rings. The van der Waals surface area contributed by atoms with Crippen LogP contribution < -0.4 is 10.5 Å². The van der Waals surface area contributed by atoms with Crippen molar-refractivity contribution in [1.82, 2.24) is 9.97 Å². The number of ether oxygens (including phenoxy) is 1. The lowest BCUT2D eigenvalue weighted by Crippen LogP contribution is -2.14. The molecule has 0 bridgehead atoms. The van der Waals surface area contributed by atoms with Crippen LogP contribution >= 0.6 is 15.9 Å². The topological polar surface area (TPSA) is 93.6 Å². The third kappa shape index (κ3) is 2.95. The maximum absolute atomic E-state index is 8.50. The maximum atomic E-state index is 8.50. The number of nitrogens with zero attached hydrogens (tertiary/aromatic N) is 3. The highest BCUT2D eigenvalue weighted by Crippen LogP contribution is 2.22. The molecule has 0 radical (unpaired) electrons. The minimum atomic E-state index is -0.0503. The van der Waals surface area contributed by atoms with Crippen molar-refractivity contribution in [2.45, 2.75) is 0 Å². The van der Waals surface area contributed by atoms with Gasteiger partial charge >= 0.3 is 0 Å². The van der Waals surface area contributed by atoms with E-state index in [1.807, 2.05) is 0 Å². The van der Waals surface area contributed by atoms with Crippen LogP contribution in [0, 0.1) is 0 Å². The summed E-state index contributed by atoms with van der Waals surface area (Å²) in [5.74, 6) is 1.07. The minimum Gasteiger partial charge on any atom is -0.454 e. The molecule has 0 saturated carbocycles. The van der Waals surface area contributed by atoms with Gasteiger partial charge in [0.15, 0.2) is 5.84 Å². The SMILES string of the molecule is N/C(=N/O)c1ccc(Oc2cncc(Br)c2)cn1. The molecule has 2 rings (SSSR count). The van der Waals surface area contributed by atoms with Crippen LogP contribution in [0.15, 0.2) is 46.4 Å². The fourth-order valence-corrected chi connectivity index (χ4v) is 1.57. The van der Waals surface area contributed by atoms with Gasteiger partial charge in [-0.25, -0.2) is 4.98 Å².